The molecule has 1 aliphatic heterocycles. The fourth-order valence-corrected chi connectivity index (χ4v) is 3.09. The summed E-state index contributed by atoms with van der Waals surface area (Å²) in [6.45, 7) is 13.9. The van der Waals surface area contributed by atoms with E-state index in [0.29, 0.717) is 11.3 Å². The monoisotopic (exact) mass is 300 g/mol. The molecule has 0 atom stereocenters. The molecule has 1 saturated heterocycles. The number of hydrogen-bond acceptors (Lipinski definition) is 4. The van der Waals surface area contributed by atoms with Crippen LogP contribution in [0.25, 0.3) is 0 Å². The molecule has 4 nitrogen and oxygen atoms in total. The number of nitrogens with one attached hydrogen (secondary N) is 1. The first-order valence-electron chi connectivity index (χ1n) is 8.73. The van der Waals surface area contributed by atoms with Crippen molar-refractivity contribution in [3.8, 4) is 0 Å². The first-order chi connectivity index (χ1) is 10.1. The van der Waals surface area contributed by atoms with Crippen molar-refractivity contribution in [3.63, 3.8) is 0 Å². The molecule has 0 aromatic rings. The minimum atomic E-state index is 0.260. The van der Waals surface area contributed by atoms with E-state index in [1.807, 2.05) is 0 Å². The van der Waals surface area contributed by atoms with E-state index in [9.17, 15) is 5.11 Å². The molecule has 4 heteroatoms. The van der Waals surface area contributed by atoms with Crippen molar-refractivity contribution in [2.75, 3.05) is 52.5 Å². The summed E-state index contributed by atoms with van der Waals surface area (Å²) in [6, 6.07) is 0. The van der Waals surface area contributed by atoms with E-state index in [1.54, 1.807) is 0 Å². The van der Waals surface area contributed by atoms with Gasteiger partial charge in [-0.1, -0.05) is 27.2 Å². The molecule has 1 aliphatic rings. The predicted octanol–water partition coefficient (Wildman–Crippen LogP) is 2.12. The van der Waals surface area contributed by atoms with Crippen molar-refractivity contribution in [2.24, 2.45) is 11.3 Å². The van der Waals surface area contributed by atoms with Crippen LogP contribution in [0, 0.1) is 11.3 Å². The van der Waals surface area contributed by atoms with Crippen LogP contribution in [0.4, 0.5) is 0 Å². The number of hydrogen-bond donors (Lipinski definition) is 2. The number of nitrogens with zero attached hydrogens (tertiary/aromatic N) is 1. The maximum Gasteiger partial charge on any atom is 0.0558 e. The van der Waals surface area contributed by atoms with E-state index in [0.717, 1.165) is 58.8 Å². The summed E-state index contributed by atoms with van der Waals surface area (Å²) in [5.41, 5.74) is 0.316. The van der Waals surface area contributed by atoms with Crippen LogP contribution in [-0.2, 0) is 4.74 Å². The summed E-state index contributed by atoms with van der Waals surface area (Å²) >= 11 is 0. The van der Waals surface area contributed by atoms with Crippen molar-refractivity contribution in [3.05, 3.63) is 0 Å². The Hall–Kier alpha value is -0.160. The standard InChI is InChI=1S/C17H36N2O2/c1-4-5-8-19(9-10-20)15-17(6-11-21-12-7-17)14-18-13-16(2)3/h16,18,20H,4-15H2,1-3H3. The molecule has 0 saturated carbocycles. The zero-order valence-electron chi connectivity index (χ0n) is 14.4. The summed E-state index contributed by atoms with van der Waals surface area (Å²) in [6.07, 6.45) is 4.69. The lowest BCUT2D eigenvalue weighted by atomic mass is 9.79. The smallest absolute Gasteiger partial charge is 0.0558 e. The summed E-state index contributed by atoms with van der Waals surface area (Å²) < 4.78 is 5.58. The van der Waals surface area contributed by atoms with Crippen molar-refractivity contribution < 1.29 is 9.84 Å². The highest BCUT2D eigenvalue weighted by molar-refractivity contribution is 4.87. The third-order valence-corrected chi connectivity index (χ3v) is 4.41. The fourth-order valence-electron chi connectivity index (χ4n) is 3.09. The van der Waals surface area contributed by atoms with Crippen molar-refractivity contribution in [1.29, 1.82) is 0 Å². The molecule has 0 aliphatic carbocycles. The van der Waals surface area contributed by atoms with E-state index < -0.39 is 0 Å². The molecule has 0 bridgehead atoms. The molecule has 0 radical (unpaired) electrons. The van der Waals surface area contributed by atoms with Crippen molar-refractivity contribution in [1.82, 2.24) is 10.2 Å². The molecule has 0 amide bonds. The average Bonchev–Trinajstić information content (AvgIpc) is 2.45. The number of aliphatic hydroxyl groups excluding tert-OH is 1. The maximum atomic E-state index is 9.32. The first kappa shape index (κ1) is 18.9. The zero-order valence-corrected chi connectivity index (χ0v) is 14.4. The Labute approximate surface area is 131 Å². The number of aliphatic hydroxyl groups is 1. The van der Waals surface area contributed by atoms with Gasteiger partial charge in [-0.05, 0) is 43.7 Å². The minimum absolute atomic E-state index is 0.260. The Kier molecular flexibility index (Phi) is 9.49. The molecule has 0 aromatic carbocycles. The largest absolute Gasteiger partial charge is 0.395 e. The van der Waals surface area contributed by atoms with Crippen LogP contribution < -0.4 is 5.32 Å². The van der Waals surface area contributed by atoms with E-state index in [-0.39, 0.29) is 6.61 Å². The van der Waals surface area contributed by atoms with Gasteiger partial charge >= 0.3 is 0 Å². The van der Waals surface area contributed by atoms with Gasteiger partial charge in [0.1, 0.15) is 0 Å². The van der Waals surface area contributed by atoms with Gasteiger partial charge in [0.25, 0.3) is 0 Å². The van der Waals surface area contributed by atoms with Gasteiger partial charge in [-0.25, -0.2) is 0 Å². The van der Waals surface area contributed by atoms with Gasteiger partial charge in [0.15, 0.2) is 0 Å². The molecular formula is C17H36N2O2. The van der Waals surface area contributed by atoms with Crippen LogP contribution in [0.1, 0.15) is 46.5 Å². The Morgan fingerprint density at radius 3 is 2.52 bits per heavy atom. The topological polar surface area (TPSA) is 44.7 Å². The molecule has 1 fully saturated rings. The quantitative estimate of drug-likeness (QED) is 0.613. The molecule has 1 rings (SSSR count). The van der Waals surface area contributed by atoms with E-state index in [1.165, 1.54) is 12.8 Å². The molecule has 0 aromatic heterocycles. The van der Waals surface area contributed by atoms with Gasteiger partial charge in [-0.2, -0.15) is 0 Å². The van der Waals surface area contributed by atoms with Gasteiger partial charge in [0.2, 0.25) is 0 Å². The van der Waals surface area contributed by atoms with Crippen LogP contribution in [0.5, 0.6) is 0 Å². The molecule has 21 heavy (non-hydrogen) atoms. The van der Waals surface area contributed by atoms with Gasteiger partial charge in [0.05, 0.1) is 6.61 Å². The second-order valence-electron chi connectivity index (χ2n) is 6.99. The summed E-state index contributed by atoms with van der Waals surface area (Å²) in [4.78, 5) is 2.45. The lowest BCUT2D eigenvalue weighted by molar-refractivity contribution is -0.00690. The van der Waals surface area contributed by atoms with Crippen LogP contribution in [-0.4, -0.2) is 62.6 Å². The Morgan fingerprint density at radius 1 is 1.24 bits per heavy atom. The number of unbranched alkanes of at least 4 members (excludes halogenated alkanes) is 1. The Morgan fingerprint density at radius 2 is 1.95 bits per heavy atom. The molecular weight excluding hydrogens is 264 g/mol. The van der Waals surface area contributed by atoms with Crippen LogP contribution in [0.3, 0.4) is 0 Å². The Bertz CT molecular complexity index is 253. The van der Waals surface area contributed by atoms with Crippen molar-refractivity contribution >= 4 is 0 Å². The van der Waals surface area contributed by atoms with E-state index in [4.69, 9.17) is 4.74 Å². The first-order valence-corrected chi connectivity index (χ1v) is 8.73. The predicted molar refractivity (Wildman–Crippen MR) is 88.6 cm³/mol. The summed E-state index contributed by atoms with van der Waals surface area (Å²) in [5.74, 6) is 0.690. The number of rotatable bonds is 11. The second kappa shape index (κ2) is 10.5. The highest BCUT2D eigenvalue weighted by atomic mass is 16.5. The van der Waals surface area contributed by atoms with Crippen LogP contribution in [0.15, 0.2) is 0 Å². The van der Waals surface area contributed by atoms with Crippen LogP contribution in [0.2, 0.25) is 0 Å². The lowest BCUT2D eigenvalue weighted by Crippen LogP contribution is -2.48. The normalized spacial score (nSPS) is 18.6. The molecule has 126 valence electrons. The summed E-state index contributed by atoms with van der Waals surface area (Å²) in [5, 5.41) is 13.0. The molecule has 0 unspecified atom stereocenters. The molecule has 2 N–H and O–H groups in total. The zero-order chi connectivity index (χ0) is 15.6. The third kappa shape index (κ3) is 7.59. The van der Waals surface area contributed by atoms with E-state index in [2.05, 4.69) is 31.0 Å². The lowest BCUT2D eigenvalue weighted by Gasteiger charge is -2.41. The SMILES string of the molecule is CCCCN(CCO)CC1(CNCC(C)C)CCOCC1. The van der Waals surface area contributed by atoms with Crippen molar-refractivity contribution in [2.45, 2.75) is 46.5 Å². The highest BCUT2D eigenvalue weighted by Crippen LogP contribution is 2.31. The maximum absolute atomic E-state index is 9.32. The van der Waals surface area contributed by atoms with Gasteiger partial charge < -0.3 is 20.1 Å². The average molecular weight is 300 g/mol. The van der Waals surface area contributed by atoms with Gasteiger partial charge in [-0.3, -0.25) is 0 Å². The minimum Gasteiger partial charge on any atom is -0.395 e. The van der Waals surface area contributed by atoms with Gasteiger partial charge in [0, 0.05) is 32.8 Å². The molecule has 1 heterocycles. The fraction of sp³-hybridized carbons (Fsp3) is 1.00. The third-order valence-electron chi connectivity index (χ3n) is 4.41. The van der Waals surface area contributed by atoms with Crippen LogP contribution >= 0.6 is 0 Å². The molecule has 0 spiro atoms. The Balaban J connectivity index is 2.56. The van der Waals surface area contributed by atoms with E-state index >= 15 is 0 Å². The summed E-state index contributed by atoms with van der Waals surface area (Å²) in [7, 11) is 0. The highest BCUT2D eigenvalue weighted by Gasteiger charge is 2.34. The second-order valence-corrected chi connectivity index (χ2v) is 6.99. The van der Waals surface area contributed by atoms with Gasteiger partial charge in [-0.15, -0.1) is 0 Å². The number of ether oxygens (including phenoxy) is 1.